The molecule has 1 aromatic heterocycles. The average molecular weight is 382 g/mol. The van der Waals surface area contributed by atoms with Crippen LogP contribution >= 0.6 is 6.72 Å². The molecule has 0 saturated heterocycles. The van der Waals surface area contributed by atoms with Gasteiger partial charge in [0.15, 0.2) is 0 Å². The fourth-order valence-corrected chi connectivity index (χ4v) is 3.77. The second kappa shape index (κ2) is 11.3. The first kappa shape index (κ1) is 21.7. The maximum Gasteiger partial charge on any atom is 0.381 e. The molecule has 0 atom stereocenters. The van der Waals surface area contributed by atoms with Crippen molar-refractivity contribution >= 4 is 18.5 Å². The number of hydrogen-bond acceptors (Lipinski definition) is 6. The van der Waals surface area contributed by atoms with Crippen LogP contribution in [0.5, 0.6) is 5.88 Å². The molecule has 5 nitrogen and oxygen atoms in total. The number of hydrogen-bond donors (Lipinski definition) is 0. The van der Waals surface area contributed by atoms with Crippen LogP contribution in [0.25, 0.3) is 0 Å². The van der Waals surface area contributed by atoms with Gasteiger partial charge in [-0.3, -0.25) is 9.05 Å². The smallest absolute Gasteiger partial charge is 0.381 e. The predicted molar refractivity (Wildman–Crippen MR) is 105 cm³/mol. The van der Waals surface area contributed by atoms with Crippen LogP contribution in [0, 0.1) is 6.92 Å². The van der Waals surface area contributed by atoms with Crippen LogP contribution in [-0.2, 0) is 20.9 Å². The van der Waals surface area contributed by atoms with Crippen molar-refractivity contribution in [1.82, 2.24) is 9.97 Å². The molecule has 0 N–H and O–H groups in total. The van der Waals surface area contributed by atoms with E-state index in [1.807, 2.05) is 71.0 Å². The van der Waals surface area contributed by atoms with E-state index >= 15 is 0 Å². The summed E-state index contributed by atoms with van der Waals surface area (Å²) in [5, 5.41) is 0. The maximum absolute atomic E-state index is 5.68. The second-order valence-electron chi connectivity index (χ2n) is 5.39. The average Bonchev–Trinajstić information content (AvgIpc) is 2.56. The highest BCUT2D eigenvalue weighted by atomic mass is 32.5. The van der Waals surface area contributed by atoms with Crippen molar-refractivity contribution in [2.75, 3.05) is 13.2 Å². The molecule has 2 rings (SSSR count). The first-order valence-corrected chi connectivity index (χ1v) is 10.9. The lowest BCUT2D eigenvalue weighted by atomic mass is 10.2. The van der Waals surface area contributed by atoms with Gasteiger partial charge in [0, 0.05) is 29.5 Å². The predicted octanol–water partition coefficient (Wildman–Crippen LogP) is 5.27. The third-order valence-corrected chi connectivity index (χ3v) is 5.23. The number of aromatic nitrogens is 2. The van der Waals surface area contributed by atoms with Gasteiger partial charge in [0.05, 0.1) is 13.2 Å². The molecular weight excluding hydrogens is 355 g/mol. The molecule has 1 heterocycles. The Balaban J connectivity index is 0.000000435. The normalized spacial score (nSPS) is 11.0. The molecular formula is C18H27N2O3PS. The number of rotatable bonds is 7. The van der Waals surface area contributed by atoms with Crippen molar-refractivity contribution in [3.63, 3.8) is 0 Å². The van der Waals surface area contributed by atoms with Crippen molar-refractivity contribution in [3.8, 4) is 5.88 Å². The lowest BCUT2D eigenvalue weighted by Crippen LogP contribution is -2.06. The second-order valence-corrected chi connectivity index (χ2v) is 8.32. The minimum Gasteiger partial charge on any atom is -0.406 e. The Morgan fingerprint density at radius 2 is 1.44 bits per heavy atom. The molecule has 0 unspecified atom stereocenters. The largest absolute Gasteiger partial charge is 0.406 e. The summed E-state index contributed by atoms with van der Waals surface area (Å²) in [6, 6.07) is 13.7. The third-order valence-electron chi connectivity index (χ3n) is 2.81. The van der Waals surface area contributed by atoms with Crippen molar-refractivity contribution in [3.05, 3.63) is 54.0 Å². The Bertz CT molecular complexity index is 632. The Labute approximate surface area is 156 Å². The third kappa shape index (κ3) is 8.54. The minimum atomic E-state index is -2.77. The zero-order chi connectivity index (χ0) is 18.7. The summed E-state index contributed by atoms with van der Waals surface area (Å²) in [6.07, 6.45) is 0. The molecule has 0 bridgehead atoms. The molecule has 2 aromatic rings. The number of aryl methyl sites for hydroxylation is 1. The molecule has 7 heteroatoms. The van der Waals surface area contributed by atoms with Crippen LogP contribution in [0.3, 0.4) is 0 Å². The first-order chi connectivity index (χ1) is 11.9. The van der Waals surface area contributed by atoms with Gasteiger partial charge < -0.3 is 4.52 Å². The molecule has 0 aliphatic rings. The minimum absolute atomic E-state index is 0.222. The summed E-state index contributed by atoms with van der Waals surface area (Å²) in [5.74, 6) is 1.37. The first-order valence-electron chi connectivity index (χ1n) is 8.34. The van der Waals surface area contributed by atoms with E-state index in [0.717, 1.165) is 11.5 Å². The lowest BCUT2D eigenvalue weighted by molar-refractivity contribution is 0.215. The van der Waals surface area contributed by atoms with Gasteiger partial charge in [-0.15, -0.1) is 0 Å². The van der Waals surface area contributed by atoms with E-state index in [9.17, 15) is 0 Å². The Morgan fingerprint density at radius 1 is 0.960 bits per heavy atom. The number of nitrogens with zero attached hydrogens (tertiary/aromatic N) is 2. The van der Waals surface area contributed by atoms with Gasteiger partial charge in [-0.1, -0.05) is 50.2 Å². The van der Waals surface area contributed by atoms with Gasteiger partial charge in [-0.25, -0.2) is 4.98 Å². The molecule has 0 saturated carbocycles. The summed E-state index contributed by atoms with van der Waals surface area (Å²) in [6.45, 7) is 7.78. The molecule has 1 aromatic carbocycles. The van der Waals surface area contributed by atoms with Crippen LogP contribution < -0.4 is 4.52 Å². The lowest BCUT2D eigenvalue weighted by Gasteiger charge is -2.20. The van der Waals surface area contributed by atoms with Crippen LogP contribution in [0.1, 0.15) is 45.1 Å². The molecule has 25 heavy (non-hydrogen) atoms. The zero-order valence-electron chi connectivity index (χ0n) is 15.5. The Kier molecular flexibility index (Phi) is 9.83. The van der Waals surface area contributed by atoms with Gasteiger partial charge >= 0.3 is 6.72 Å². The molecule has 0 fully saturated rings. The standard InChI is InChI=1S/C12H21N2O3PS.C6H6/c1-6-15-18(19,16-7-2)17-11-8-10(5)13-12(14-11)9(3)4;1-2-4-6-5-3-1/h8-9H,6-7H2,1-5H3;1-6H. The van der Waals surface area contributed by atoms with E-state index in [0.29, 0.717) is 19.1 Å². The van der Waals surface area contributed by atoms with E-state index in [1.54, 1.807) is 6.07 Å². The SMILES string of the molecule is CCOP(=S)(OCC)Oc1cc(C)nc(C(C)C)n1.c1ccccc1. The summed E-state index contributed by atoms with van der Waals surface area (Å²) in [5.41, 5.74) is 0.836. The molecule has 0 aliphatic heterocycles. The molecule has 0 radical (unpaired) electrons. The topological polar surface area (TPSA) is 53.5 Å². The Morgan fingerprint density at radius 3 is 1.84 bits per heavy atom. The highest BCUT2D eigenvalue weighted by Crippen LogP contribution is 2.49. The van der Waals surface area contributed by atoms with E-state index < -0.39 is 6.72 Å². The molecule has 0 aliphatic carbocycles. The van der Waals surface area contributed by atoms with Gasteiger partial charge in [0.2, 0.25) is 5.88 Å². The van der Waals surface area contributed by atoms with E-state index in [-0.39, 0.29) is 5.92 Å². The van der Waals surface area contributed by atoms with E-state index in [1.165, 1.54) is 0 Å². The fourth-order valence-electron chi connectivity index (χ4n) is 1.77. The fraction of sp³-hybridized carbons (Fsp3) is 0.444. The van der Waals surface area contributed by atoms with Crippen LogP contribution in [0.4, 0.5) is 0 Å². The van der Waals surface area contributed by atoms with Crippen molar-refractivity contribution < 1.29 is 13.6 Å². The summed E-state index contributed by atoms with van der Waals surface area (Å²) < 4.78 is 16.6. The van der Waals surface area contributed by atoms with Gasteiger partial charge in [-0.05, 0) is 20.8 Å². The quantitative estimate of drug-likeness (QED) is 0.608. The highest BCUT2D eigenvalue weighted by Gasteiger charge is 2.22. The summed E-state index contributed by atoms with van der Waals surface area (Å²) >= 11 is 5.32. The highest BCUT2D eigenvalue weighted by molar-refractivity contribution is 8.07. The van der Waals surface area contributed by atoms with Crippen molar-refractivity contribution in [2.24, 2.45) is 0 Å². The molecule has 138 valence electrons. The molecule has 0 amide bonds. The van der Waals surface area contributed by atoms with Crippen LogP contribution in [-0.4, -0.2) is 23.2 Å². The molecule has 0 spiro atoms. The van der Waals surface area contributed by atoms with Gasteiger partial charge in [0.1, 0.15) is 5.82 Å². The number of benzene rings is 1. The van der Waals surface area contributed by atoms with E-state index in [4.69, 9.17) is 25.4 Å². The van der Waals surface area contributed by atoms with Gasteiger partial charge in [-0.2, -0.15) is 4.98 Å². The Hall–Kier alpha value is -1.33. The van der Waals surface area contributed by atoms with E-state index in [2.05, 4.69) is 9.97 Å². The van der Waals surface area contributed by atoms with Crippen LogP contribution in [0.2, 0.25) is 0 Å². The summed E-state index contributed by atoms with van der Waals surface area (Å²) in [4.78, 5) is 8.71. The van der Waals surface area contributed by atoms with Gasteiger partial charge in [0.25, 0.3) is 0 Å². The van der Waals surface area contributed by atoms with Crippen molar-refractivity contribution in [2.45, 2.75) is 40.5 Å². The summed E-state index contributed by atoms with van der Waals surface area (Å²) in [7, 11) is 0. The maximum atomic E-state index is 5.68. The zero-order valence-corrected chi connectivity index (χ0v) is 17.2. The van der Waals surface area contributed by atoms with Crippen LogP contribution in [0.15, 0.2) is 42.5 Å². The monoisotopic (exact) mass is 382 g/mol. The van der Waals surface area contributed by atoms with Crippen molar-refractivity contribution in [1.29, 1.82) is 0 Å².